The van der Waals surface area contributed by atoms with Crippen LogP contribution in [0.25, 0.3) is 0 Å². The summed E-state index contributed by atoms with van der Waals surface area (Å²) in [6.07, 6.45) is 5.65. The Balaban J connectivity index is 2.35. The molecule has 0 radical (unpaired) electrons. The molecule has 1 aromatic rings. The van der Waals surface area contributed by atoms with Gasteiger partial charge in [0.05, 0.1) is 16.3 Å². The molecular weight excluding hydrogens is 248 g/mol. The number of nitrogen functional groups attached to an aromatic ring is 1. The Labute approximate surface area is 108 Å². The third kappa shape index (κ3) is 2.32. The first-order chi connectivity index (χ1) is 8.38. The highest BCUT2D eigenvalue weighted by Crippen LogP contribution is 2.40. The van der Waals surface area contributed by atoms with Gasteiger partial charge in [0.25, 0.3) is 0 Å². The molecule has 18 heavy (non-hydrogen) atoms. The molecule has 1 aliphatic carbocycles. The number of nitrogens with one attached hydrogen (secondary N) is 1. The second kappa shape index (κ2) is 4.46. The lowest BCUT2D eigenvalue weighted by Gasteiger charge is -2.43. The SMILES string of the molecule is CCC1(Nc2cccc(S(C)(=O)=O)c2N)CCC1. The van der Waals surface area contributed by atoms with Crippen LogP contribution in [0.5, 0.6) is 0 Å². The molecule has 1 saturated carbocycles. The highest BCUT2D eigenvalue weighted by atomic mass is 32.2. The van der Waals surface area contributed by atoms with Gasteiger partial charge in [-0.3, -0.25) is 0 Å². The van der Waals surface area contributed by atoms with Gasteiger partial charge in [-0.15, -0.1) is 0 Å². The smallest absolute Gasteiger partial charge is 0.177 e. The summed E-state index contributed by atoms with van der Waals surface area (Å²) in [6.45, 7) is 2.14. The number of benzene rings is 1. The van der Waals surface area contributed by atoms with Crippen molar-refractivity contribution in [1.29, 1.82) is 0 Å². The summed E-state index contributed by atoms with van der Waals surface area (Å²) in [5, 5.41) is 3.43. The number of hydrogen-bond donors (Lipinski definition) is 2. The van der Waals surface area contributed by atoms with Crippen LogP contribution in [0, 0.1) is 0 Å². The van der Waals surface area contributed by atoms with Crippen LogP contribution < -0.4 is 11.1 Å². The summed E-state index contributed by atoms with van der Waals surface area (Å²) in [6, 6.07) is 5.13. The quantitative estimate of drug-likeness (QED) is 0.823. The minimum Gasteiger partial charge on any atom is -0.396 e. The molecule has 0 aliphatic heterocycles. The number of para-hydroxylation sites is 1. The van der Waals surface area contributed by atoms with Gasteiger partial charge < -0.3 is 11.1 Å². The predicted octanol–water partition coefficient (Wildman–Crippen LogP) is 2.42. The van der Waals surface area contributed by atoms with E-state index in [1.54, 1.807) is 12.1 Å². The number of anilines is 2. The van der Waals surface area contributed by atoms with E-state index in [4.69, 9.17) is 5.73 Å². The second-order valence-electron chi connectivity index (χ2n) is 5.10. The van der Waals surface area contributed by atoms with Crippen LogP contribution in [-0.4, -0.2) is 20.2 Å². The first-order valence-corrected chi connectivity index (χ1v) is 8.14. The van der Waals surface area contributed by atoms with Crippen molar-refractivity contribution in [1.82, 2.24) is 0 Å². The third-order valence-corrected chi connectivity index (χ3v) is 5.01. The van der Waals surface area contributed by atoms with E-state index in [9.17, 15) is 8.42 Å². The Bertz CT molecular complexity index is 543. The van der Waals surface area contributed by atoms with Crippen LogP contribution in [0.2, 0.25) is 0 Å². The van der Waals surface area contributed by atoms with E-state index >= 15 is 0 Å². The highest BCUT2D eigenvalue weighted by Gasteiger charge is 2.35. The lowest BCUT2D eigenvalue weighted by molar-refractivity contribution is 0.269. The number of hydrogen-bond acceptors (Lipinski definition) is 4. The van der Waals surface area contributed by atoms with Crippen molar-refractivity contribution >= 4 is 21.2 Å². The average molecular weight is 268 g/mol. The zero-order chi connectivity index (χ0) is 13.4. The summed E-state index contributed by atoms with van der Waals surface area (Å²) < 4.78 is 23.2. The van der Waals surface area contributed by atoms with Crippen molar-refractivity contribution in [3.8, 4) is 0 Å². The first-order valence-electron chi connectivity index (χ1n) is 6.25. The Hall–Kier alpha value is -1.23. The third-order valence-electron chi connectivity index (χ3n) is 3.85. The van der Waals surface area contributed by atoms with Crippen LogP contribution in [0.1, 0.15) is 32.6 Å². The fraction of sp³-hybridized carbons (Fsp3) is 0.538. The number of nitrogens with two attached hydrogens (primary N) is 1. The van der Waals surface area contributed by atoms with Gasteiger partial charge in [0, 0.05) is 11.8 Å². The van der Waals surface area contributed by atoms with Gasteiger partial charge in [-0.2, -0.15) is 0 Å². The van der Waals surface area contributed by atoms with E-state index in [-0.39, 0.29) is 10.4 Å². The molecule has 2 rings (SSSR count). The van der Waals surface area contributed by atoms with E-state index in [2.05, 4.69) is 12.2 Å². The van der Waals surface area contributed by atoms with Gasteiger partial charge in [0.2, 0.25) is 0 Å². The summed E-state index contributed by atoms with van der Waals surface area (Å²) in [5.74, 6) is 0. The molecule has 0 aromatic heterocycles. The van der Waals surface area contributed by atoms with Gasteiger partial charge in [-0.1, -0.05) is 13.0 Å². The highest BCUT2D eigenvalue weighted by molar-refractivity contribution is 7.90. The van der Waals surface area contributed by atoms with Gasteiger partial charge in [-0.25, -0.2) is 8.42 Å². The Morgan fingerprint density at radius 1 is 1.39 bits per heavy atom. The fourth-order valence-corrected chi connectivity index (χ4v) is 3.27. The summed E-state index contributed by atoms with van der Waals surface area (Å²) in [5.41, 5.74) is 7.14. The molecular formula is C13H20N2O2S. The average Bonchev–Trinajstić information content (AvgIpc) is 2.24. The molecule has 100 valence electrons. The first kappa shape index (κ1) is 13.2. The predicted molar refractivity (Wildman–Crippen MR) is 74.5 cm³/mol. The molecule has 0 atom stereocenters. The van der Waals surface area contributed by atoms with E-state index in [1.807, 2.05) is 6.07 Å². The molecule has 0 saturated heterocycles. The topological polar surface area (TPSA) is 72.2 Å². The number of sulfone groups is 1. The van der Waals surface area contributed by atoms with Crippen LogP contribution in [0.4, 0.5) is 11.4 Å². The maximum Gasteiger partial charge on any atom is 0.177 e. The maximum atomic E-state index is 11.6. The van der Waals surface area contributed by atoms with Crippen LogP contribution in [0.3, 0.4) is 0 Å². The summed E-state index contributed by atoms with van der Waals surface area (Å²) in [7, 11) is -3.27. The van der Waals surface area contributed by atoms with Crippen molar-refractivity contribution in [2.75, 3.05) is 17.3 Å². The van der Waals surface area contributed by atoms with Gasteiger partial charge >= 0.3 is 0 Å². The minimum absolute atomic E-state index is 0.101. The molecule has 1 fully saturated rings. The Morgan fingerprint density at radius 3 is 2.50 bits per heavy atom. The molecule has 4 nitrogen and oxygen atoms in total. The van der Waals surface area contributed by atoms with Crippen LogP contribution >= 0.6 is 0 Å². The van der Waals surface area contributed by atoms with Crippen molar-refractivity contribution in [2.45, 2.75) is 43.0 Å². The molecule has 0 unspecified atom stereocenters. The second-order valence-corrected chi connectivity index (χ2v) is 7.09. The maximum absolute atomic E-state index is 11.6. The van der Waals surface area contributed by atoms with E-state index in [1.165, 1.54) is 12.7 Å². The van der Waals surface area contributed by atoms with Crippen LogP contribution in [-0.2, 0) is 9.84 Å². The van der Waals surface area contributed by atoms with E-state index in [0.29, 0.717) is 5.69 Å². The summed E-state index contributed by atoms with van der Waals surface area (Å²) in [4.78, 5) is 0.207. The monoisotopic (exact) mass is 268 g/mol. The van der Waals surface area contributed by atoms with Crippen molar-refractivity contribution < 1.29 is 8.42 Å². The molecule has 1 aliphatic rings. The summed E-state index contributed by atoms with van der Waals surface area (Å²) >= 11 is 0. The lowest BCUT2D eigenvalue weighted by atomic mass is 9.74. The molecule has 3 N–H and O–H groups in total. The molecule has 5 heteroatoms. The minimum atomic E-state index is -3.27. The lowest BCUT2D eigenvalue weighted by Crippen LogP contribution is -2.44. The number of rotatable bonds is 4. The molecule has 1 aromatic carbocycles. The Kier molecular flexibility index (Phi) is 3.27. The van der Waals surface area contributed by atoms with Crippen molar-refractivity contribution in [3.05, 3.63) is 18.2 Å². The standard InChI is InChI=1S/C13H20N2O2S/c1-3-13(8-5-9-13)15-10-6-4-7-11(12(10)14)18(2,16)17/h4,6-7,15H,3,5,8-9,14H2,1-2H3. The van der Waals surface area contributed by atoms with E-state index in [0.717, 1.165) is 24.9 Å². The van der Waals surface area contributed by atoms with Gasteiger partial charge in [-0.05, 0) is 37.8 Å². The van der Waals surface area contributed by atoms with Gasteiger partial charge in [0.15, 0.2) is 9.84 Å². The fourth-order valence-electron chi connectivity index (χ4n) is 2.43. The Morgan fingerprint density at radius 2 is 2.06 bits per heavy atom. The molecule has 0 heterocycles. The normalized spacial score (nSPS) is 18.1. The van der Waals surface area contributed by atoms with Gasteiger partial charge in [0.1, 0.15) is 0 Å². The van der Waals surface area contributed by atoms with E-state index < -0.39 is 9.84 Å². The zero-order valence-corrected chi connectivity index (χ0v) is 11.7. The van der Waals surface area contributed by atoms with Crippen LogP contribution in [0.15, 0.2) is 23.1 Å². The van der Waals surface area contributed by atoms with Crippen molar-refractivity contribution in [2.24, 2.45) is 0 Å². The zero-order valence-electron chi connectivity index (χ0n) is 10.9. The van der Waals surface area contributed by atoms with Crippen molar-refractivity contribution in [3.63, 3.8) is 0 Å². The molecule has 0 amide bonds. The molecule has 0 spiro atoms. The largest absolute Gasteiger partial charge is 0.396 e. The molecule has 0 bridgehead atoms.